The minimum absolute atomic E-state index is 0.0272. The molecule has 3 aromatic rings. The van der Waals surface area contributed by atoms with Gasteiger partial charge in [-0.1, -0.05) is 11.6 Å². The summed E-state index contributed by atoms with van der Waals surface area (Å²) >= 11 is 6.09. The molecular weight excluding hydrogens is 419 g/mol. The number of nitrogens with zero attached hydrogens (tertiary/aromatic N) is 7. The molecule has 29 heavy (non-hydrogen) atoms. The summed E-state index contributed by atoms with van der Waals surface area (Å²) in [5.74, 6) is 0.208. The fourth-order valence-corrected chi connectivity index (χ4v) is 2.91. The molecule has 0 radical (unpaired) electrons. The summed E-state index contributed by atoms with van der Waals surface area (Å²) in [6.07, 6.45) is -4.64. The van der Waals surface area contributed by atoms with E-state index in [1.54, 1.807) is 11.6 Å². The van der Waals surface area contributed by atoms with E-state index in [2.05, 4.69) is 20.4 Å². The quantitative estimate of drug-likeness (QED) is 0.432. The Labute approximate surface area is 166 Å². The van der Waals surface area contributed by atoms with Gasteiger partial charge in [0.1, 0.15) is 12.2 Å². The number of nitro groups is 1. The van der Waals surface area contributed by atoms with Crippen molar-refractivity contribution in [3.05, 3.63) is 49.7 Å². The molecule has 10 nitrogen and oxygen atoms in total. The molecule has 0 N–H and O–H groups in total. The first-order valence-electron chi connectivity index (χ1n) is 8.28. The van der Waals surface area contributed by atoms with Gasteiger partial charge in [0.2, 0.25) is 17.5 Å². The predicted octanol–water partition coefficient (Wildman–Crippen LogP) is 3.26. The second-order valence-electron chi connectivity index (χ2n) is 6.24. The molecule has 0 bridgehead atoms. The molecule has 0 unspecified atom stereocenters. The number of aromatic nitrogens is 6. The highest BCUT2D eigenvalue weighted by Gasteiger charge is 2.44. The van der Waals surface area contributed by atoms with Crippen LogP contribution in [0.1, 0.15) is 34.6 Å². The van der Waals surface area contributed by atoms with Gasteiger partial charge in [-0.3, -0.25) is 19.5 Å². The smallest absolute Gasteiger partial charge is 0.423 e. The van der Waals surface area contributed by atoms with Gasteiger partial charge in [-0.2, -0.15) is 23.4 Å². The number of alkyl halides is 3. The number of hydrogen-bond donors (Lipinski definition) is 0. The van der Waals surface area contributed by atoms with Crippen LogP contribution < -0.4 is 0 Å². The van der Waals surface area contributed by atoms with Crippen molar-refractivity contribution in [2.75, 3.05) is 0 Å². The van der Waals surface area contributed by atoms with Gasteiger partial charge in [-0.25, -0.2) is 0 Å². The number of rotatable bonds is 6. The van der Waals surface area contributed by atoms with Crippen molar-refractivity contribution >= 4 is 17.3 Å². The molecule has 0 saturated heterocycles. The molecule has 3 aromatic heterocycles. The van der Waals surface area contributed by atoms with Crippen LogP contribution in [0, 0.1) is 30.9 Å². The lowest BCUT2D eigenvalue weighted by molar-refractivity contribution is -0.388. The molecule has 0 aliphatic rings. The van der Waals surface area contributed by atoms with Crippen molar-refractivity contribution in [1.82, 2.24) is 29.8 Å². The maximum absolute atomic E-state index is 13.0. The molecule has 0 fully saturated rings. The Kier molecular flexibility index (Phi) is 5.34. The summed E-state index contributed by atoms with van der Waals surface area (Å²) in [5, 5.41) is 26.8. The molecule has 156 valence electrons. The normalized spacial score (nSPS) is 12.0. The van der Waals surface area contributed by atoms with Crippen molar-refractivity contribution in [2.24, 2.45) is 0 Å². The Hall–Kier alpha value is -2.96. The third kappa shape index (κ3) is 4.09. The van der Waals surface area contributed by atoms with E-state index in [1.165, 1.54) is 6.92 Å². The maximum Gasteiger partial charge on any atom is 0.442 e. The minimum atomic E-state index is -4.96. The van der Waals surface area contributed by atoms with Crippen LogP contribution in [0.2, 0.25) is 5.02 Å². The zero-order chi connectivity index (χ0) is 21.5. The average molecular weight is 434 g/mol. The molecule has 14 heteroatoms. The molecule has 3 rings (SSSR count). The Bertz CT molecular complexity index is 1070. The summed E-state index contributed by atoms with van der Waals surface area (Å²) in [6, 6.07) is 0. The second-order valence-corrected chi connectivity index (χ2v) is 6.62. The van der Waals surface area contributed by atoms with Crippen LogP contribution >= 0.6 is 11.6 Å². The summed E-state index contributed by atoms with van der Waals surface area (Å²) in [4.78, 5) is 9.90. The van der Waals surface area contributed by atoms with E-state index >= 15 is 0 Å². The Morgan fingerprint density at radius 2 is 1.76 bits per heavy atom. The van der Waals surface area contributed by atoms with Crippen LogP contribution in [0.25, 0.3) is 0 Å². The van der Waals surface area contributed by atoms with Gasteiger partial charge in [0.05, 0.1) is 21.3 Å². The molecule has 0 amide bonds. The SMILES string of the molecule is Cc1nn(CCc2nnc(Cn3nc(C(F)(F)F)c([N+](=O)[O-])c3C)o2)c(C)c1Cl. The van der Waals surface area contributed by atoms with E-state index < -0.39 is 22.5 Å². The first kappa shape index (κ1) is 20.8. The molecule has 0 aliphatic carbocycles. The van der Waals surface area contributed by atoms with Crippen LogP contribution in [0.3, 0.4) is 0 Å². The van der Waals surface area contributed by atoms with Crippen molar-refractivity contribution in [1.29, 1.82) is 0 Å². The third-order valence-corrected chi connectivity index (χ3v) is 4.80. The largest absolute Gasteiger partial charge is 0.442 e. The van der Waals surface area contributed by atoms with E-state index in [0.717, 1.165) is 10.4 Å². The summed E-state index contributed by atoms with van der Waals surface area (Å²) in [6.45, 7) is 4.84. The lowest BCUT2D eigenvalue weighted by Crippen LogP contribution is -2.10. The number of aryl methyl sites for hydroxylation is 3. The lowest BCUT2D eigenvalue weighted by atomic mass is 10.3. The molecule has 3 heterocycles. The maximum atomic E-state index is 13.0. The molecule has 0 aliphatic heterocycles. The molecule has 0 spiro atoms. The van der Waals surface area contributed by atoms with Gasteiger partial charge in [-0.15, -0.1) is 10.2 Å². The monoisotopic (exact) mass is 433 g/mol. The second kappa shape index (κ2) is 7.46. The highest BCUT2D eigenvalue weighted by atomic mass is 35.5. The molecular formula is C15H15ClF3N7O3. The van der Waals surface area contributed by atoms with Gasteiger partial charge in [0.15, 0.2) is 0 Å². The van der Waals surface area contributed by atoms with E-state index in [4.69, 9.17) is 16.0 Å². The van der Waals surface area contributed by atoms with Crippen LogP contribution in [0.15, 0.2) is 4.42 Å². The zero-order valence-electron chi connectivity index (χ0n) is 15.5. The zero-order valence-corrected chi connectivity index (χ0v) is 16.2. The molecule has 0 atom stereocenters. The fraction of sp³-hybridized carbons (Fsp3) is 0.467. The van der Waals surface area contributed by atoms with E-state index in [-0.39, 0.29) is 24.0 Å². The van der Waals surface area contributed by atoms with Crippen LogP contribution in [0.4, 0.5) is 18.9 Å². The van der Waals surface area contributed by atoms with E-state index in [0.29, 0.717) is 23.7 Å². The summed E-state index contributed by atoms with van der Waals surface area (Å²) < 4.78 is 47.0. The van der Waals surface area contributed by atoms with Crippen molar-refractivity contribution in [2.45, 2.75) is 46.5 Å². The average Bonchev–Trinajstić information content (AvgIpc) is 3.27. The highest BCUT2D eigenvalue weighted by molar-refractivity contribution is 6.31. The Morgan fingerprint density at radius 3 is 2.28 bits per heavy atom. The van der Waals surface area contributed by atoms with Crippen molar-refractivity contribution < 1.29 is 22.5 Å². The van der Waals surface area contributed by atoms with Crippen LogP contribution in [-0.2, 0) is 25.7 Å². The first-order chi connectivity index (χ1) is 13.5. The van der Waals surface area contributed by atoms with Gasteiger partial charge in [-0.05, 0) is 20.8 Å². The third-order valence-electron chi connectivity index (χ3n) is 4.25. The van der Waals surface area contributed by atoms with Crippen molar-refractivity contribution in [3.8, 4) is 0 Å². The number of halogens is 4. The molecule has 0 aromatic carbocycles. The fourth-order valence-electron chi connectivity index (χ4n) is 2.78. The van der Waals surface area contributed by atoms with Crippen LogP contribution in [-0.4, -0.2) is 34.7 Å². The van der Waals surface area contributed by atoms with E-state index in [1.807, 2.05) is 6.92 Å². The topological polar surface area (TPSA) is 118 Å². The van der Waals surface area contributed by atoms with Gasteiger partial charge in [0.25, 0.3) is 0 Å². The van der Waals surface area contributed by atoms with Gasteiger partial charge >= 0.3 is 11.9 Å². The van der Waals surface area contributed by atoms with Crippen LogP contribution in [0.5, 0.6) is 0 Å². The van der Waals surface area contributed by atoms with E-state index in [9.17, 15) is 23.3 Å². The predicted molar refractivity (Wildman–Crippen MR) is 92.4 cm³/mol. The highest BCUT2D eigenvalue weighted by Crippen LogP contribution is 2.37. The Balaban J connectivity index is 1.76. The number of hydrogen-bond acceptors (Lipinski definition) is 7. The molecule has 0 saturated carbocycles. The lowest BCUT2D eigenvalue weighted by Gasteiger charge is -2.01. The summed E-state index contributed by atoms with van der Waals surface area (Å²) in [7, 11) is 0. The van der Waals surface area contributed by atoms with Gasteiger partial charge in [0, 0.05) is 13.0 Å². The minimum Gasteiger partial charge on any atom is -0.423 e. The first-order valence-corrected chi connectivity index (χ1v) is 8.66. The van der Waals surface area contributed by atoms with Crippen molar-refractivity contribution in [3.63, 3.8) is 0 Å². The van der Waals surface area contributed by atoms with Gasteiger partial charge < -0.3 is 4.42 Å². The summed E-state index contributed by atoms with van der Waals surface area (Å²) in [5.41, 5.74) is -1.46. The Morgan fingerprint density at radius 1 is 1.10 bits per heavy atom. The standard InChI is InChI=1S/C15H15ClF3N7O3/c1-7-12(16)8(2)24(22-7)5-4-10-20-21-11(29-10)6-25-9(3)13(26(27)28)14(23-25)15(17,18)19/h4-6H2,1-3H3.